The quantitative estimate of drug-likeness (QED) is 0.0632. The van der Waals surface area contributed by atoms with Gasteiger partial charge in [0.05, 0.1) is 59.2 Å². The average Bonchev–Trinajstić information content (AvgIpc) is 3.00. The fourth-order valence-electron chi connectivity index (χ4n) is 4.88. The van der Waals surface area contributed by atoms with Crippen LogP contribution in [-0.4, -0.2) is 179 Å². The van der Waals surface area contributed by atoms with E-state index in [4.69, 9.17) is 38.9 Å². The molecule has 0 saturated carbocycles. The Morgan fingerprint density at radius 3 is 1.05 bits per heavy atom. The number of amides is 1. The van der Waals surface area contributed by atoms with E-state index in [1.54, 1.807) is 92.9 Å². The molecule has 0 bridgehead atoms. The maximum atomic E-state index is 13.2. The number of ether oxygens (including phenoxy) is 7. The zero-order valence-electron chi connectivity index (χ0n) is 37.3. The van der Waals surface area contributed by atoms with Crippen molar-refractivity contribution in [2.24, 2.45) is 5.73 Å². The summed E-state index contributed by atoms with van der Waals surface area (Å²) in [7, 11) is 0. The van der Waals surface area contributed by atoms with Gasteiger partial charge in [0.1, 0.15) is 22.4 Å². The van der Waals surface area contributed by atoms with Crippen molar-refractivity contribution in [3.05, 3.63) is 0 Å². The molecule has 0 aromatic heterocycles. The number of nitrogens with one attached hydrogen (secondary N) is 1. The Morgan fingerprint density at radius 1 is 0.439 bits per heavy atom. The predicted molar refractivity (Wildman–Crippen MR) is 216 cm³/mol. The molecule has 0 fully saturated rings. The van der Waals surface area contributed by atoms with Gasteiger partial charge in [-0.25, -0.2) is 0 Å². The van der Waals surface area contributed by atoms with Crippen LogP contribution < -0.4 is 11.1 Å². The minimum atomic E-state index is -0.733. The Labute approximate surface area is 342 Å². The standard InChI is InChI=1S/C40H77N5O12/c1-37(2,3)54-33(47)28-44(29-34(48)55-38(4,5)6)19-17-43(27-32(46)42-16-14-22-52-24-26-53-25-23-51-21-13-15-41)18-20-45(30-35(49)56-39(7,8)9)31-36(50)57-40(10,11)12/h13-31,41H2,1-12H3,(H,42,46). The Kier molecular flexibility index (Phi) is 26.3. The number of nitrogens with two attached hydrogens (primary N) is 1. The smallest absolute Gasteiger partial charge is 0.320 e. The maximum absolute atomic E-state index is 13.2. The molecule has 0 aliphatic rings. The lowest BCUT2D eigenvalue weighted by Crippen LogP contribution is -2.48. The third-order valence-electron chi connectivity index (χ3n) is 6.95. The number of hydrogen-bond donors (Lipinski definition) is 2. The first-order chi connectivity index (χ1) is 26.3. The van der Waals surface area contributed by atoms with Gasteiger partial charge in [0, 0.05) is 45.9 Å². The van der Waals surface area contributed by atoms with Gasteiger partial charge >= 0.3 is 23.9 Å². The maximum Gasteiger partial charge on any atom is 0.320 e. The van der Waals surface area contributed by atoms with E-state index < -0.39 is 46.3 Å². The Morgan fingerprint density at radius 2 is 0.737 bits per heavy atom. The summed E-state index contributed by atoms with van der Waals surface area (Å²) in [6, 6.07) is 0. The van der Waals surface area contributed by atoms with Gasteiger partial charge in [0.25, 0.3) is 0 Å². The minimum Gasteiger partial charge on any atom is -0.459 e. The molecule has 1 amide bonds. The number of nitrogens with zero attached hydrogens (tertiary/aromatic N) is 3. The molecule has 0 atom stereocenters. The van der Waals surface area contributed by atoms with E-state index in [1.165, 1.54) is 0 Å². The van der Waals surface area contributed by atoms with Crippen LogP contribution in [0.1, 0.15) is 95.9 Å². The number of rotatable bonds is 29. The van der Waals surface area contributed by atoms with Crippen LogP contribution in [0.15, 0.2) is 0 Å². The summed E-state index contributed by atoms with van der Waals surface area (Å²) >= 11 is 0. The number of carbonyl (C=O) groups is 5. The van der Waals surface area contributed by atoms with Crippen LogP contribution in [0.3, 0.4) is 0 Å². The average molecular weight is 820 g/mol. The third-order valence-corrected chi connectivity index (χ3v) is 6.95. The first kappa shape index (κ1) is 54.1. The van der Waals surface area contributed by atoms with Gasteiger partial charge < -0.3 is 44.2 Å². The first-order valence-electron chi connectivity index (χ1n) is 20.0. The van der Waals surface area contributed by atoms with E-state index in [-0.39, 0.29) is 64.8 Å². The van der Waals surface area contributed by atoms with Crippen molar-refractivity contribution in [2.45, 2.75) is 118 Å². The summed E-state index contributed by atoms with van der Waals surface area (Å²) in [5, 5.41) is 2.91. The van der Waals surface area contributed by atoms with Crippen molar-refractivity contribution in [3.8, 4) is 0 Å². The van der Waals surface area contributed by atoms with E-state index in [2.05, 4.69) is 5.32 Å². The van der Waals surface area contributed by atoms with Gasteiger partial charge in [-0.05, 0) is 102 Å². The molecule has 17 nitrogen and oxygen atoms in total. The van der Waals surface area contributed by atoms with Crippen LogP contribution in [0.2, 0.25) is 0 Å². The van der Waals surface area contributed by atoms with E-state index >= 15 is 0 Å². The van der Waals surface area contributed by atoms with Crippen LogP contribution in [0, 0.1) is 0 Å². The van der Waals surface area contributed by atoms with Gasteiger partial charge in [0.15, 0.2) is 0 Å². The molecule has 17 heteroatoms. The molecule has 0 radical (unpaired) electrons. The van der Waals surface area contributed by atoms with Crippen LogP contribution >= 0.6 is 0 Å². The van der Waals surface area contributed by atoms with E-state index in [9.17, 15) is 24.0 Å². The summed E-state index contributed by atoms with van der Waals surface area (Å²) in [5.41, 5.74) is 2.51. The van der Waals surface area contributed by atoms with Gasteiger partial charge in [-0.1, -0.05) is 0 Å². The SMILES string of the molecule is CC(C)(C)OC(=O)CN(CCN(CCN(CC(=O)OC(C)(C)C)CC(=O)OC(C)(C)C)CC(=O)NCCCOCCOCCOCCCN)CC(=O)OC(C)(C)C. The largest absolute Gasteiger partial charge is 0.459 e. The van der Waals surface area contributed by atoms with Gasteiger partial charge in [-0.3, -0.25) is 38.7 Å². The molecule has 0 saturated heterocycles. The molecule has 334 valence electrons. The van der Waals surface area contributed by atoms with Gasteiger partial charge in [0.2, 0.25) is 5.91 Å². The van der Waals surface area contributed by atoms with Crippen LogP contribution in [-0.2, 0) is 57.1 Å². The van der Waals surface area contributed by atoms with E-state index in [0.29, 0.717) is 59.2 Å². The monoisotopic (exact) mass is 820 g/mol. The van der Waals surface area contributed by atoms with Crippen LogP contribution in [0.25, 0.3) is 0 Å². The van der Waals surface area contributed by atoms with Gasteiger partial charge in [-0.15, -0.1) is 0 Å². The number of esters is 4. The lowest BCUT2D eigenvalue weighted by Gasteiger charge is -2.30. The molecule has 0 aromatic carbocycles. The van der Waals surface area contributed by atoms with E-state index in [0.717, 1.165) is 6.42 Å². The zero-order chi connectivity index (χ0) is 43.7. The third kappa shape index (κ3) is 35.9. The van der Waals surface area contributed by atoms with Crippen LogP contribution in [0.4, 0.5) is 0 Å². The van der Waals surface area contributed by atoms with E-state index in [1.807, 2.05) is 4.90 Å². The van der Waals surface area contributed by atoms with Crippen molar-refractivity contribution < 1.29 is 57.1 Å². The molecule has 57 heavy (non-hydrogen) atoms. The first-order valence-corrected chi connectivity index (χ1v) is 20.0. The highest BCUT2D eigenvalue weighted by atomic mass is 16.6. The normalized spacial score (nSPS) is 12.6. The van der Waals surface area contributed by atoms with Gasteiger partial charge in [-0.2, -0.15) is 0 Å². The summed E-state index contributed by atoms with van der Waals surface area (Å²) in [6.07, 6.45) is 1.39. The van der Waals surface area contributed by atoms with Crippen molar-refractivity contribution in [3.63, 3.8) is 0 Å². The molecule has 0 rings (SSSR count). The second-order valence-corrected chi connectivity index (χ2v) is 17.7. The molecule has 3 N–H and O–H groups in total. The second kappa shape index (κ2) is 27.7. The summed E-state index contributed by atoms with van der Waals surface area (Å²) in [6.45, 7) is 25.0. The molecule has 0 unspecified atom stereocenters. The Bertz CT molecular complexity index is 1050. The fraction of sp³-hybridized carbons (Fsp3) is 0.875. The minimum absolute atomic E-state index is 0.0402. The zero-order valence-corrected chi connectivity index (χ0v) is 37.3. The van der Waals surface area contributed by atoms with Crippen molar-refractivity contribution in [1.82, 2.24) is 20.0 Å². The molecule has 0 aliphatic carbocycles. The fourth-order valence-corrected chi connectivity index (χ4v) is 4.88. The van der Waals surface area contributed by atoms with Crippen molar-refractivity contribution in [2.75, 3.05) is 112 Å². The highest BCUT2D eigenvalue weighted by molar-refractivity contribution is 5.78. The number of carbonyl (C=O) groups excluding carboxylic acids is 5. The van der Waals surface area contributed by atoms with Crippen molar-refractivity contribution in [1.29, 1.82) is 0 Å². The second-order valence-electron chi connectivity index (χ2n) is 17.7. The topological polar surface area (TPSA) is 198 Å². The molecular formula is C40H77N5O12. The predicted octanol–water partition coefficient (Wildman–Crippen LogP) is 2.16. The molecule has 0 aromatic rings. The molecule has 0 heterocycles. The Balaban J connectivity index is 5.75. The Hall–Kier alpha value is -2.93. The summed E-state index contributed by atoms with van der Waals surface area (Å²) in [4.78, 5) is 69.7. The lowest BCUT2D eigenvalue weighted by molar-refractivity contribution is -0.162. The highest BCUT2D eigenvalue weighted by Gasteiger charge is 2.27. The molecular weight excluding hydrogens is 742 g/mol. The van der Waals surface area contributed by atoms with Crippen molar-refractivity contribution >= 4 is 29.8 Å². The summed E-state index contributed by atoms with van der Waals surface area (Å²) in [5.74, 6) is -2.32. The highest BCUT2D eigenvalue weighted by Crippen LogP contribution is 2.12. The number of hydrogen-bond acceptors (Lipinski definition) is 16. The summed E-state index contributed by atoms with van der Waals surface area (Å²) < 4.78 is 38.6. The molecule has 0 spiro atoms. The van der Waals surface area contributed by atoms with Crippen LogP contribution in [0.5, 0.6) is 0 Å². The molecule has 0 aliphatic heterocycles. The lowest BCUT2D eigenvalue weighted by atomic mass is 10.2.